The van der Waals surface area contributed by atoms with Gasteiger partial charge in [0.2, 0.25) is 0 Å². The molecular formula is C60H39NO. The molecule has 0 amide bonds. The van der Waals surface area contributed by atoms with Gasteiger partial charge in [0.25, 0.3) is 0 Å². The second-order valence-corrected chi connectivity index (χ2v) is 16.0. The van der Waals surface area contributed by atoms with Crippen LogP contribution in [0.3, 0.4) is 0 Å². The Labute approximate surface area is 360 Å². The maximum Gasteiger partial charge on any atom is 0.143 e. The molecule has 2 heteroatoms. The molecule has 1 aromatic heterocycles. The van der Waals surface area contributed by atoms with Gasteiger partial charge in [0.05, 0.1) is 5.69 Å². The number of para-hydroxylation sites is 2. The van der Waals surface area contributed by atoms with E-state index < -0.39 is 0 Å². The number of fused-ring (bicyclic) bond motifs is 7. The van der Waals surface area contributed by atoms with Gasteiger partial charge in [-0.15, -0.1) is 0 Å². The molecule has 0 fully saturated rings. The van der Waals surface area contributed by atoms with Crippen LogP contribution in [-0.2, 0) is 0 Å². The molecule has 11 aromatic carbocycles. The number of furan rings is 1. The van der Waals surface area contributed by atoms with Gasteiger partial charge in [-0.2, -0.15) is 0 Å². The van der Waals surface area contributed by atoms with E-state index in [1.165, 1.54) is 54.9 Å². The predicted molar refractivity (Wildman–Crippen MR) is 263 cm³/mol. The summed E-state index contributed by atoms with van der Waals surface area (Å²) in [6, 6.07) is 85.5. The average molecular weight is 790 g/mol. The summed E-state index contributed by atoms with van der Waals surface area (Å²) in [6.07, 6.45) is 0. The van der Waals surface area contributed by atoms with Crippen LogP contribution in [0.5, 0.6) is 0 Å². The normalized spacial score (nSPS) is 11.5. The highest BCUT2D eigenvalue weighted by Gasteiger charge is 2.21. The van der Waals surface area contributed by atoms with Gasteiger partial charge in [-0.25, -0.2) is 0 Å². The lowest BCUT2D eigenvalue weighted by Crippen LogP contribution is -2.11. The highest BCUT2D eigenvalue weighted by Crippen LogP contribution is 2.46. The molecule has 2 nitrogen and oxygen atoms in total. The summed E-state index contributed by atoms with van der Waals surface area (Å²) >= 11 is 0. The second-order valence-electron chi connectivity index (χ2n) is 16.0. The molecule has 0 atom stereocenters. The average Bonchev–Trinajstić information content (AvgIpc) is 3.73. The summed E-state index contributed by atoms with van der Waals surface area (Å²) in [6.45, 7) is 0. The van der Waals surface area contributed by atoms with Crippen molar-refractivity contribution in [2.45, 2.75) is 0 Å². The molecule has 290 valence electrons. The Morgan fingerprint density at radius 3 is 1.34 bits per heavy atom. The second kappa shape index (κ2) is 14.8. The van der Waals surface area contributed by atoms with Crippen molar-refractivity contribution in [2.24, 2.45) is 0 Å². The van der Waals surface area contributed by atoms with Crippen molar-refractivity contribution in [3.63, 3.8) is 0 Å². The fourth-order valence-electron chi connectivity index (χ4n) is 9.48. The van der Waals surface area contributed by atoms with E-state index >= 15 is 0 Å². The zero-order chi connectivity index (χ0) is 41.0. The van der Waals surface area contributed by atoms with Gasteiger partial charge in [-0.05, 0) is 108 Å². The van der Waals surface area contributed by atoms with Crippen molar-refractivity contribution in [2.75, 3.05) is 4.90 Å². The molecule has 12 aromatic rings. The molecular weight excluding hydrogens is 751 g/mol. The monoisotopic (exact) mass is 789 g/mol. The fourth-order valence-corrected chi connectivity index (χ4v) is 9.48. The molecule has 0 unspecified atom stereocenters. The third kappa shape index (κ3) is 6.04. The lowest BCUT2D eigenvalue weighted by atomic mass is 9.93. The Morgan fingerprint density at radius 1 is 0.274 bits per heavy atom. The minimum absolute atomic E-state index is 0.897. The summed E-state index contributed by atoms with van der Waals surface area (Å²) in [4.78, 5) is 2.40. The van der Waals surface area contributed by atoms with E-state index in [2.05, 4.69) is 235 Å². The van der Waals surface area contributed by atoms with Gasteiger partial charge in [0.15, 0.2) is 0 Å². The number of rotatable bonds is 7. The molecule has 1 heterocycles. The molecule has 12 rings (SSSR count). The standard InChI is InChI=1S/C60H39NO/c1-3-17-48-42(13-1)15-11-23-50(48)44-29-27-40(28-30-44)41-31-35-46(36-32-41)61(47-37-33-45(34-38-47)51-24-12-16-43-14-2-4-18-49(43)51)58-25-9-7-20-53(58)56-39-57-54-21-8-10-26-59(54)62-60(57)55-22-6-5-19-52(55)56/h1-39H. The van der Waals surface area contributed by atoms with Crippen LogP contribution in [0.15, 0.2) is 241 Å². The SMILES string of the molecule is c1ccc(N(c2ccc(-c3ccc(-c4cccc5ccccc45)cc3)cc2)c2ccc(-c3cccc4ccccc34)cc2)c(-c2cc3c4ccccc4oc3c3ccccc23)c1. The Hall–Kier alpha value is -8.20. The lowest BCUT2D eigenvalue weighted by Gasteiger charge is -2.28. The minimum atomic E-state index is 0.897. The van der Waals surface area contributed by atoms with E-state index in [1.807, 2.05) is 6.07 Å². The maximum absolute atomic E-state index is 6.53. The third-order valence-corrected chi connectivity index (χ3v) is 12.5. The van der Waals surface area contributed by atoms with Gasteiger partial charge >= 0.3 is 0 Å². The largest absolute Gasteiger partial charge is 0.455 e. The van der Waals surface area contributed by atoms with Gasteiger partial charge in [-0.1, -0.05) is 194 Å². The van der Waals surface area contributed by atoms with Crippen LogP contribution in [0.2, 0.25) is 0 Å². The summed E-state index contributed by atoms with van der Waals surface area (Å²) < 4.78 is 6.53. The van der Waals surface area contributed by atoms with Crippen LogP contribution >= 0.6 is 0 Å². The number of hydrogen-bond acceptors (Lipinski definition) is 2. The van der Waals surface area contributed by atoms with Crippen LogP contribution in [0.4, 0.5) is 17.1 Å². The smallest absolute Gasteiger partial charge is 0.143 e. The van der Waals surface area contributed by atoms with Gasteiger partial charge in [0, 0.05) is 33.1 Å². The molecule has 0 N–H and O–H groups in total. The highest BCUT2D eigenvalue weighted by atomic mass is 16.3. The molecule has 0 saturated heterocycles. The van der Waals surface area contributed by atoms with Crippen molar-refractivity contribution >= 4 is 71.3 Å². The van der Waals surface area contributed by atoms with E-state index in [0.29, 0.717) is 0 Å². The maximum atomic E-state index is 6.53. The lowest BCUT2D eigenvalue weighted by molar-refractivity contribution is 0.672. The van der Waals surface area contributed by atoms with Crippen LogP contribution < -0.4 is 4.90 Å². The number of anilines is 3. The molecule has 0 radical (unpaired) electrons. The first-order valence-corrected chi connectivity index (χ1v) is 21.2. The molecule has 0 aliphatic carbocycles. The van der Waals surface area contributed by atoms with Crippen LogP contribution in [-0.4, -0.2) is 0 Å². The summed E-state index contributed by atoms with van der Waals surface area (Å²) in [5.41, 5.74) is 14.6. The minimum Gasteiger partial charge on any atom is -0.455 e. The zero-order valence-electron chi connectivity index (χ0n) is 33.9. The summed E-state index contributed by atoms with van der Waals surface area (Å²) in [7, 11) is 0. The van der Waals surface area contributed by atoms with Crippen LogP contribution in [0, 0.1) is 0 Å². The van der Waals surface area contributed by atoms with Crippen molar-refractivity contribution < 1.29 is 4.42 Å². The Bertz CT molecular complexity index is 3610. The number of benzene rings is 11. The van der Waals surface area contributed by atoms with Crippen molar-refractivity contribution in [3.8, 4) is 44.5 Å². The Kier molecular flexibility index (Phi) is 8.53. The third-order valence-electron chi connectivity index (χ3n) is 12.5. The number of nitrogens with zero attached hydrogens (tertiary/aromatic N) is 1. The van der Waals surface area contributed by atoms with Crippen molar-refractivity contribution in [3.05, 3.63) is 237 Å². The molecule has 0 aliphatic heterocycles. The molecule has 0 spiro atoms. The first-order chi connectivity index (χ1) is 30.7. The van der Waals surface area contributed by atoms with Gasteiger partial charge in [0.1, 0.15) is 11.2 Å². The quantitative estimate of drug-likeness (QED) is 0.160. The number of hydrogen-bond donors (Lipinski definition) is 0. The van der Waals surface area contributed by atoms with Gasteiger partial charge < -0.3 is 9.32 Å². The zero-order valence-corrected chi connectivity index (χ0v) is 33.9. The van der Waals surface area contributed by atoms with Crippen LogP contribution in [0.25, 0.3) is 98.8 Å². The highest BCUT2D eigenvalue weighted by molar-refractivity contribution is 6.20. The van der Waals surface area contributed by atoms with E-state index in [9.17, 15) is 0 Å². The first-order valence-electron chi connectivity index (χ1n) is 21.2. The first kappa shape index (κ1) is 35.7. The van der Waals surface area contributed by atoms with Crippen molar-refractivity contribution in [1.82, 2.24) is 0 Å². The van der Waals surface area contributed by atoms with E-state index in [1.54, 1.807) is 0 Å². The molecule has 62 heavy (non-hydrogen) atoms. The topological polar surface area (TPSA) is 16.4 Å². The molecule has 0 aliphatic rings. The van der Waals surface area contributed by atoms with Crippen molar-refractivity contribution in [1.29, 1.82) is 0 Å². The van der Waals surface area contributed by atoms with E-state index in [4.69, 9.17) is 4.42 Å². The van der Waals surface area contributed by atoms with Crippen LogP contribution in [0.1, 0.15) is 0 Å². The molecule has 0 saturated carbocycles. The van der Waals surface area contributed by atoms with E-state index in [-0.39, 0.29) is 0 Å². The predicted octanol–water partition coefficient (Wildman–Crippen LogP) is 17.2. The molecule has 0 bridgehead atoms. The Morgan fingerprint density at radius 2 is 0.710 bits per heavy atom. The van der Waals surface area contributed by atoms with E-state index in [0.717, 1.165) is 60.9 Å². The fraction of sp³-hybridized carbons (Fsp3) is 0. The summed E-state index contributed by atoms with van der Waals surface area (Å²) in [5.74, 6) is 0. The van der Waals surface area contributed by atoms with Gasteiger partial charge in [-0.3, -0.25) is 0 Å². The summed E-state index contributed by atoms with van der Waals surface area (Å²) in [5, 5.41) is 9.50. The Balaban J connectivity index is 0.992.